The van der Waals surface area contributed by atoms with E-state index >= 15 is 0 Å². The first-order chi connectivity index (χ1) is 20.3. The number of para-hydroxylation sites is 1. The standard InChI is InChI=1S/C38H29N3/c1-2-9-26(10-3-1)30-12-8-13-31(23-30)27-17-19-28(20-18-27)32-24-39-38(40-25-32)41-36-16-7-6-15-34(36)35-22-21-29-11-4-5-14-33(29)37(35)41/h2,5-10,12-25H,1,3-4,11H2. The molecule has 2 aliphatic rings. The Bertz CT molecular complexity index is 2020. The molecule has 4 aromatic carbocycles. The van der Waals surface area contributed by atoms with Gasteiger partial charge in [0.25, 0.3) is 0 Å². The Labute approximate surface area is 239 Å². The molecule has 0 spiro atoms. The summed E-state index contributed by atoms with van der Waals surface area (Å²) < 4.78 is 2.23. The molecule has 6 aromatic rings. The molecule has 0 bridgehead atoms. The van der Waals surface area contributed by atoms with Crippen molar-refractivity contribution in [3.8, 4) is 28.2 Å². The molecule has 0 radical (unpaired) electrons. The van der Waals surface area contributed by atoms with Gasteiger partial charge in [0.15, 0.2) is 0 Å². The zero-order valence-electron chi connectivity index (χ0n) is 22.8. The van der Waals surface area contributed by atoms with Gasteiger partial charge in [0.2, 0.25) is 5.95 Å². The second-order valence-electron chi connectivity index (χ2n) is 10.9. The molecule has 0 aliphatic heterocycles. The van der Waals surface area contributed by atoms with Gasteiger partial charge >= 0.3 is 0 Å². The fraction of sp³-hybridized carbons (Fsp3) is 0.105. The molecule has 0 amide bonds. The van der Waals surface area contributed by atoms with E-state index in [-0.39, 0.29) is 0 Å². The van der Waals surface area contributed by atoms with Gasteiger partial charge in [-0.3, -0.25) is 4.57 Å². The largest absolute Gasteiger partial charge is 0.277 e. The number of benzene rings is 4. The van der Waals surface area contributed by atoms with E-state index in [1.807, 2.05) is 12.4 Å². The molecule has 2 aromatic heterocycles. The molecule has 2 aliphatic carbocycles. The fourth-order valence-electron chi connectivity index (χ4n) is 6.32. The molecule has 196 valence electrons. The van der Waals surface area contributed by atoms with Crippen LogP contribution < -0.4 is 0 Å². The van der Waals surface area contributed by atoms with Gasteiger partial charge in [-0.25, -0.2) is 9.97 Å². The summed E-state index contributed by atoms with van der Waals surface area (Å²) in [6.07, 6.45) is 19.7. The van der Waals surface area contributed by atoms with E-state index in [2.05, 4.69) is 120 Å². The Morgan fingerprint density at radius 3 is 2.20 bits per heavy atom. The highest BCUT2D eigenvalue weighted by molar-refractivity contribution is 6.11. The zero-order valence-corrected chi connectivity index (χ0v) is 22.8. The van der Waals surface area contributed by atoms with Crippen LogP contribution in [0.15, 0.2) is 122 Å². The lowest BCUT2D eigenvalue weighted by Gasteiger charge is -2.14. The van der Waals surface area contributed by atoms with Crippen LogP contribution in [0.4, 0.5) is 0 Å². The van der Waals surface area contributed by atoms with E-state index in [9.17, 15) is 0 Å². The third-order valence-electron chi connectivity index (χ3n) is 8.41. The van der Waals surface area contributed by atoms with Crippen LogP contribution >= 0.6 is 0 Å². The molecule has 0 saturated carbocycles. The summed E-state index contributed by atoms with van der Waals surface area (Å²) in [6, 6.07) is 30.6. The number of aromatic nitrogens is 3. The predicted octanol–water partition coefficient (Wildman–Crippen LogP) is 9.60. The van der Waals surface area contributed by atoms with Gasteiger partial charge in [0.1, 0.15) is 0 Å². The molecule has 3 nitrogen and oxygen atoms in total. The highest BCUT2D eigenvalue weighted by Crippen LogP contribution is 2.37. The number of aryl methyl sites for hydroxylation is 1. The summed E-state index contributed by atoms with van der Waals surface area (Å²) in [4.78, 5) is 9.81. The van der Waals surface area contributed by atoms with Gasteiger partial charge in [0, 0.05) is 34.3 Å². The summed E-state index contributed by atoms with van der Waals surface area (Å²) in [6.45, 7) is 0. The minimum atomic E-state index is 0.701. The Morgan fingerprint density at radius 2 is 1.37 bits per heavy atom. The summed E-state index contributed by atoms with van der Waals surface area (Å²) >= 11 is 0. The maximum absolute atomic E-state index is 4.91. The molecule has 0 fully saturated rings. The van der Waals surface area contributed by atoms with Crippen LogP contribution in [-0.2, 0) is 6.42 Å². The number of hydrogen-bond donors (Lipinski definition) is 0. The molecular formula is C38H29N3. The number of hydrogen-bond acceptors (Lipinski definition) is 2. The van der Waals surface area contributed by atoms with Crippen molar-refractivity contribution in [2.45, 2.75) is 25.7 Å². The highest BCUT2D eigenvalue weighted by Gasteiger charge is 2.19. The molecule has 2 heterocycles. The van der Waals surface area contributed by atoms with Gasteiger partial charge < -0.3 is 0 Å². The molecule has 8 rings (SSSR count). The smallest absolute Gasteiger partial charge is 0.234 e. The van der Waals surface area contributed by atoms with Crippen molar-refractivity contribution in [2.24, 2.45) is 0 Å². The number of fused-ring (bicyclic) bond motifs is 5. The molecule has 0 saturated heterocycles. The van der Waals surface area contributed by atoms with E-state index in [1.54, 1.807) is 0 Å². The van der Waals surface area contributed by atoms with Gasteiger partial charge in [-0.15, -0.1) is 0 Å². The van der Waals surface area contributed by atoms with Gasteiger partial charge in [-0.05, 0) is 71.2 Å². The maximum Gasteiger partial charge on any atom is 0.234 e. The minimum Gasteiger partial charge on any atom is -0.277 e. The average Bonchev–Trinajstić information content (AvgIpc) is 3.40. The normalized spacial score (nSPS) is 14.4. The number of nitrogens with zero attached hydrogens (tertiary/aromatic N) is 3. The van der Waals surface area contributed by atoms with Crippen molar-refractivity contribution in [1.82, 2.24) is 14.5 Å². The van der Waals surface area contributed by atoms with Crippen molar-refractivity contribution in [1.29, 1.82) is 0 Å². The van der Waals surface area contributed by atoms with Crippen LogP contribution in [0.25, 0.3) is 61.7 Å². The van der Waals surface area contributed by atoms with Gasteiger partial charge in [-0.1, -0.05) is 103 Å². The monoisotopic (exact) mass is 527 g/mol. The quantitative estimate of drug-likeness (QED) is 0.228. The third-order valence-corrected chi connectivity index (χ3v) is 8.41. The van der Waals surface area contributed by atoms with E-state index in [0.717, 1.165) is 42.3 Å². The Hall–Kier alpha value is -5.02. The SMILES string of the molecule is C1=CC(c2cccc(-c3ccc(-c4cnc(-n5c6ccccc6c6ccc7c(c65)C=CCC7)nc4)cc3)c2)=CCC1. The highest BCUT2D eigenvalue weighted by atomic mass is 15.1. The van der Waals surface area contributed by atoms with Crippen LogP contribution in [0.3, 0.4) is 0 Å². The molecular weight excluding hydrogens is 498 g/mol. The van der Waals surface area contributed by atoms with Crippen molar-refractivity contribution in [3.05, 3.63) is 138 Å². The Balaban J connectivity index is 1.15. The molecule has 3 heteroatoms. The zero-order chi connectivity index (χ0) is 27.2. The summed E-state index contributed by atoms with van der Waals surface area (Å²) in [5, 5.41) is 2.47. The fourth-order valence-corrected chi connectivity index (χ4v) is 6.32. The first-order valence-corrected chi connectivity index (χ1v) is 14.5. The maximum atomic E-state index is 4.91. The summed E-state index contributed by atoms with van der Waals surface area (Å²) in [5.74, 6) is 0.701. The van der Waals surface area contributed by atoms with Crippen LogP contribution in [0.5, 0.6) is 0 Å². The second kappa shape index (κ2) is 9.87. The van der Waals surface area contributed by atoms with E-state index in [4.69, 9.17) is 9.97 Å². The second-order valence-corrected chi connectivity index (χ2v) is 10.9. The average molecular weight is 528 g/mol. The number of rotatable bonds is 4. The van der Waals surface area contributed by atoms with Gasteiger partial charge in [-0.2, -0.15) is 0 Å². The topological polar surface area (TPSA) is 30.7 Å². The van der Waals surface area contributed by atoms with Crippen LogP contribution in [-0.4, -0.2) is 14.5 Å². The van der Waals surface area contributed by atoms with Crippen molar-refractivity contribution in [3.63, 3.8) is 0 Å². The molecule has 0 atom stereocenters. The summed E-state index contributed by atoms with van der Waals surface area (Å²) in [7, 11) is 0. The lowest BCUT2D eigenvalue weighted by molar-refractivity contribution is 0.969. The Morgan fingerprint density at radius 1 is 0.585 bits per heavy atom. The van der Waals surface area contributed by atoms with Crippen molar-refractivity contribution < 1.29 is 0 Å². The Kier molecular flexibility index (Phi) is 5.74. The molecule has 0 N–H and O–H groups in total. The first-order valence-electron chi connectivity index (χ1n) is 14.5. The third kappa shape index (κ3) is 4.13. The van der Waals surface area contributed by atoms with Crippen molar-refractivity contribution in [2.75, 3.05) is 0 Å². The van der Waals surface area contributed by atoms with Gasteiger partial charge in [0.05, 0.1) is 11.0 Å². The van der Waals surface area contributed by atoms with Crippen LogP contribution in [0.1, 0.15) is 36.0 Å². The lowest BCUT2D eigenvalue weighted by atomic mass is 9.95. The lowest BCUT2D eigenvalue weighted by Crippen LogP contribution is -2.03. The number of allylic oxidation sites excluding steroid dienone is 5. The molecule has 0 unspecified atom stereocenters. The van der Waals surface area contributed by atoms with E-state index in [0.29, 0.717) is 5.95 Å². The minimum absolute atomic E-state index is 0.701. The van der Waals surface area contributed by atoms with Crippen LogP contribution in [0.2, 0.25) is 0 Å². The van der Waals surface area contributed by atoms with E-state index < -0.39 is 0 Å². The van der Waals surface area contributed by atoms with Crippen molar-refractivity contribution >= 4 is 33.5 Å². The molecule has 41 heavy (non-hydrogen) atoms. The summed E-state index contributed by atoms with van der Waals surface area (Å²) in [5.41, 5.74) is 12.1. The predicted molar refractivity (Wildman–Crippen MR) is 171 cm³/mol. The first kappa shape index (κ1) is 23.8. The van der Waals surface area contributed by atoms with E-state index in [1.165, 1.54) is 49.7 Å². The van der Waals surface area contributed by atoms with Crippen LogP contribution in [0, 0.1) is 0 Å².